The summed E-state index contributed by atoms with van der Waals surface area (Å²) in [6.45, 7) is 17.6. The second kappa shape index (κ2) is 7.55. The maximum Gasteiger partial charge on any atom is 0.192 e. The summed E-state index contributed by atoms with van der Waals surface area (Å²) in [5.74, 6) is 0. The van der Waals surface area contributed by atoms with Gasteiger partial charge in [-0.05, 0) is 56.6 Å². The van der Waals surface area contributed by atoms with E-state index in [9.17, 15) is 4.21 Å². The Morgan fingerprint density at radius 3 is 2.13 bits per heavy atom. The Morgan fingerprint density at radius 1 is 1.17 bits per heavy atom. The van der Waals surface area contributed by atoms with Crippen LogP contribution < -0.4 is 4.72 Å². The number of rotatable bonds is 6. The molecule has 0 spiro atoms. The minimum Gasteiger partial charge on any atom is -0.415 e. The number of hydrogen-bond acceptors (Lipinski definition) is 3. The van der Waals surface area contributed by atoms with Crippen molar-refractivity contribution in [3.63, 3.8) is 0 Å². The summed E-state index contributed by atoms with van der Waals surface area (Å²) in [5, 5.41) is 0.152. The first-order valence-electron chi connectivity index (χ1n) is 8.06. The van der Waals surface area contributed by atoms with Gasteiger partial charge in [-0.15, -0.1) is 0 Å². The molecule has 4 nitrogen and oxygen atoms in total. The molecule has 0 radical (unpaired) electrons. The standard InChI is InChI=1S/C17H32N2O2SSi/c1-16(2,3)22(20)19-15(14-9-11-18-12-10-14)13-21-23(7,8)17(4,5)6/h9-12,15,19H,13H2,1-8H3/t15-,22+/m0/s1. The van der Waals surface area contributed by atoms with E-state index in [1.165, 1.54) is 0 Å². The predicted octanol–water partition coefficient (Wildman–Crippen LogP) is 4.20. The summed E-state index contributed by atoms with van der Waals surface area (Å²) >= 11 is 0. The Kier molecular flexibility index (Phi) is 6.72. The van der Waals surface area contributed by atoms with Crippen molar-refractivity contribution < 1.29 is 8.63 Å². The topological polar surface area (TPSA) is 51.2 Å². The molecule has 1 N–H and O–H groups in total. The van der Waals surface area contributed by atoms with E-state index >= 15 is 0 Å². The third kappa shape index (κ3) is 6.10. The molecule has 0 aliphatic carbocycles. The first-order valence-corrected chi connectivity index (χ1v) is 12.1. The van der Waals surface area contributed by atoms with Crippen molar-refractivity contribution in [2.75, 3.05) is 6.61 Å². The third-order valence-corrected chi connectivity index (χ3v) is 10.4. The molecule has 0 bridgehead atoms. The molecule has 0 aliphatic heterocycles. The van der Waals surface area contributed by atoms with Gasteiger partial charge in [0.1, 0.15) is 0 Å². The molecule has 23 heavy (non-hydrogen) atoms. The quantitative estimate of drug-likeness (QED) is 0.777. The van der Waals surface area contributed by atoms with Gasteiger partial charge in [-0.1, -0.05) is 20.8 Å². The first-order chi connectivity index (χ1) is 10.3. The fourth-order valence-electron chi connectivity index (χ4n) is 1.61. The summed E-state index contributed by atoms with van der Waals surface area (Å²) in [7, 11) is -3.00. The van der Waals surface area contributed by atoms with Gasteiger partial charge in [0.05, 0.1) is 28.4 Å². The van der Waals surface area contributed by atoms with Crippen LogP contribution in [0.15, 0.2) is 24.5 Å². The third-order valence-electron chi connectivity index (χ3n) is 4.33. The van der Waals surface area contributed by atoms with E-state index in [4.69, 9.17) is 4.43 Å². The maximum atomic E-state index is 12.5. The summed E-state index contributed by atoms with van der Waals surface area (Å²) in [4.78, 5) is 4.07. The van der Waals surface area contributed by atoms with Gasteiger partial charge in [0, 0.05) is 12.4 Å². The number of nitrogens with one attached hydrogen (secondary N) is 1. The molecule has 2 atom stereocenters. The molecule has 6 heteroatoms. The van der Waals surface area contributed by atoms with Gasteiger partial charge in [-0.3, -0.25) is 4.98 Å². The van der Waals surface area contributed by atoms with Crippen LogP contribution in [0.3, 0.4) is 0 Å². The largest absolute Gasteiger partial charge is 0.415 e. The molecule has 0 saturated carbocycles. The van der Waals surface area contributed by atoms with Crippen molar-refractivity contribution in [1.82, 2.24) is 9.71 Å². The van der Waals surface area contributed by atoms with Crippen molar-refractivity contribution in [3.8, 4) is 0 Å². The van der Waals surface area contributed by atoms with Crippen molar-refractivity contribution in [3.05, 3.63) is 30.1 Å². The van der Waals surface area contributed by atoms with Crippen LogP contribution in [0.25, 0.3) is 0 Å². The van der Waals surface area contributed by atoms with Gasteiger partial charge < -0.3 is 4.43 Å². The molecule has 1 heterocycles. The molecular weight excluding hydrogens is 324 g/mol. The van der Waals surface area contributed by atoms with E-state index in [0.717, 1.165) is 5.56 Å². The zero-order chi connectivity index (χ0) is 17.9. The second-order valence-electron chi connectivity index (χ2n) is 8.40. The maximum absolute atomic E-state index is 12.5. The molecule has 1 aromatic rings. The first kappa shape index (κ1) is 20.5. The van der Waals surface area contributed by atoms with E-state index in [0.29, 0.717) is 6.61 Å². The molecule has 132 valence electrons. The highest BCUT2D eigenvalue weighted by atomic mass is 32.2. The smallest absolute Gasteiger partial charge is 0.192 e. The lowest BCUT2D eigenvalue weighted by Gasteiger charge is -2.37. The Labute approximate surface area is 145 Å². The fourth-order valence-corrected chi connectivity index (χ4v) is 3.44. The molecule has 0 fully saturated rings. The van der Waals surface area contributed by atoms with E-state index in [2.05, 4.69) is 43.6 Å². The van der Waals surface area contributed by atoms with E-state index in [1.807, 2.05) is 32.9 Å². The highest BCUT2D eigenvalue weighted by Crippen LogP contribution is 2.37. The van der Waals surface area contributed by atoms with Crippen LogP contribution in [-0.4, -0.2) is 28.9 Å². The molecule has 0 saturated heterocycles. The van der Waals surface area contributed by atoms with Crippen LogP contribution in [0.1, 0.15) is 53.1 Å². The molecule has 0 unspecified atom stereocenters. The molecular formula is C17H32N2O2SSi. The van der Waals surface area contributed by atoms with Crippen molar-refractivity contribution in [2.24, 2.45) is 0 Å². The van der Waals surface area contributed by atoms with Gasteiger partial charge in [-0.2, -0.15) is 0 Å². The minimum absolute atomic E-state index is 0.104. The van der Waals surface area contributed by atoms with Crippen molar-refractivity contribution in [1.29, 1.82) is 0 Å². The molecule has 0 aromatic carbocycles. The second-order valence-corrected chi connectivity index (χ2v) is 15.2. The van der Waals surface area contributed by atoms with Gasteiger partial charge in [0.2, 0.25) is 0 Å². The Morgan fingerprint density at radius 2 is 1.70 bits per heavy atom. The van der Waals surface area contributed by atoms with Gasteiger partial charge in [-0.25, -0.2) is 8.93 Å². The SMILES string of the molecule is CC(C)(C)[S@@](=O)N[C@@H](CO[Si](C)(C)C(C)(C)C)c1ccncc1. The lowest BCUT2D eigenvalue weighted by atomic mass is 10.1. The van der Waals surface area contributed by atoms with Crippen LogP contribution in [0, 0.1) is 0 Å². The van der Waals surface area contributed by atoms with Crippen molar-refractivity contribution >= 4 is 19.3 Å². The number of pyridine rings is 1. The van der Waals surface area contributed by atoms with Gasteiger partial charge in [0.15, 0.2) is 8.32 Å². The van der Waals surface area contributed by atoms with E-state index in [-0.39, 0.29) is 15.8 Å². The minimum atomic E-state index is -1.85. The Hall–Kier alpha value is -0.563. The van der Waals surface area contributed by atoms with Crippen LogP contribution in [0.4, 0.5) is 0 Å². The number of nitrogens with zero attached hydrogens (tertiary/aromatic N) is 1. The van der Waals surface area contributed by atoms with Crippen LogP contribution in [0.5, 0.6) is 0 Å². The van der Waals surface area contributed by atoms with E-state index in [1.54, 1.807) is 12.4 Å². The van der Waals surface area contributed by atoms with Crippen LogP contribution in [-0.2, 0) is 15.4 Å². The van der Waals surface area contributed by atoms with Gasteiger partial charge >= 0.3 is 0 Å². The number of hydrogen-bond donors (Lipinski definition) is 1. The number of aromatic nitrogens is 1. The van der Waals surface area contributed by atoms with Crippen molar-refractivity contribution in [2.45, 2.75) is 70.5 Å². The summed E-state index contributed by atoms with van der Waals surface area (Å²) in [6, 6.07) is 3.80. The Bertz CT molecular complexity index is 522. The fraction of sp³-hybridized carbons (Fsp3) is 0.706. The van der Waals surface area contributed by atoms with Gasteiger partial charge in [0.25, 0.3) is 0 Å². The Balaban J connectivity index is 2.92. The predicted molar refractivity (Wildman–Crippen MR) is 101 cm³/mol. The summed E-state index contributed by atoms with van der Waals surface area (Å²) in [5.41, 5.74) is 1.05. The van der Waals surface area contributed by atoms with Crippen LogP contribution in [0.2, 0.25) is 18.1 Å². The van der Waals surface area contributed by atoms with Crippen LogP contribution >= 0.6 is 0 Å². The lowest BCUT2D eigenvalue weighted by molar-refractivity contribution is 0.257. The zero-order valence-electron chi connectivity index (χ0n) is 15.8. The highest BCUT2D eigenvalue weighted by molar-refractivity contribution is 7.84. The average molecular weight is 357 g/mol. The monoisotopic (exact) mass is 356 g/mol. The molecule has 0 aliphatic rings. The average Bonchev–Trinajstić information content (AvgIpc) is 2.41. The summed E-state index contributed by atoms with van der Waals surface area (Å²) < 4.78 is 21.8. The normalized spacial score (nSPS) is 16.2. The molecule has 0 amide bonds. The highest BCUT2D eigenvalue weighted by Gasteiger charge is 2.38. The zero-order valence-corrected chi connectivity index (χ0v) is 17.6. The summed E-state index contributed by atoms with van der Waals surface area (Å²) in [6.07, 6.45) is 3.52. The lowest BCUT2D eigenvalue weighted by Crippen LogP contribution is -2.44. The molecule has 1 rings (SSSR count). The van der Waals surface area contributed by atoms with E-state index < -0.39 is 19.3 Å². The molecule has 1 aromatic heterocycles.